The van der Waals surface area contributed by atoms with Gasteiger partial charge in [0.1, 0.15) is 11.6 Å². The molecule has 1 aromatic heterocycles. The molecule has 1 saturated heterocycles. The predicted octanol–water partition coefficient (Wildman–Crippen LogP) is 3.42. The van der Waals surface area contributed by atoms with Crippen LogP contribution in [0.15, 0.2) is 24.3 Å². The highest BCUT2D eigenvalue weighted by Crippen LogP contribution is 2.41. The standard InChI is InChI=1S/C21H28FN5O.C2HF3O2/c1-15(2)23-20(28)19-25-24-18-7-8-21(14-27(18)19)9-11-26(12-10-21)13-16-3-5-17(22)6-4-16;3-2(4,5)1(6)7/h3-6,15H,7-14H2,1-2H3,(H,23,28);(H,6,7). The maximum atomic E-state index is 13.1. The second kappa shape index (κ2) is 10.7. The molecular formula is C23H29F4N5O3. The van der Waals surface area contributed by atoms with Crippen LogP contribution in [0.25, 0.3) is 0 Å². The van der Waals surface area contributed by atoms with Crippen molar-refractivity contribution in [3.63, 3.8) is 0 Å². The summed E-state index contributed by atoms with van der Waals surface area (Å²) in [5, 5.41) is 18.5. The fourth-order valence-electron chi connectivity index (χ4n) is 4.41. The summed E-state index contributed by atoms with van der Waals surface area (Å²) < 4.78 is 46.9. The van der Waals surface area contributed by atoms with E-state index in [0.29, 0.717) is 5.82 Å². The number of aliphatic carboxylic acids is 1. The van der Waals surface area contributed by atoms with Gasteiger partial charge in [0.15, 0.2) is 0 Å². The number of carboxylic acids is 1. The zero-order valence-corrected chi connectivity index (χ0v) is 19.6. The van der Waals surface area contributed by atoms with Gasteiger partial charge in [-0.05, 0) is 69.3 Å². The van der Waals surface area contributed by atoms with Crippen molar-refractivity contribution in [1.29, 1.82) is 0 Å². The number of rotatable bonds is 4. The number of amides is 1. The molecule has 0 atom stereocenters. The lowest BCUT2D eigenvalue weighted by Crippen LogP contribution is -2.45. The summed E-state index contributed by atoms with van der Waals surface area (Å²) >= 11 is 0. The van der Waals surface area contributed by atoms with Gasteiger partial charge < -0.3 is 15.0 Å². The van der Waals surface area contributed by atoms with Gasteiger partial charge in [-0.3, -0.25) is 9.69 Å². The van der Waals surface area contributed by atoms with Crippen molar-refractivity contribution in [3.8, 4) is 0 Å². The molecule has 0 bridgehead atoms. The van der Waals surface area contributed by atoms with E-state index in [4.69, 9.17) is 9.90 Å². The van der Waals surface area contributed by atoms with Crippen LogP contribution < -0.4 is 5.32 Å². The number of aromatic nitrogens is 3. The number of nitrogens with zero attached hydrogens (tertiary/aromatic N) is 4. The largest absolute Gasteiger partial charge is 0.490 e. The topological polar surface area (TPSA) is 100 Å². The first kappa shape index (κ1) is 26.6. The van der Waals surface area contributed by atoms with Gasteiger partial charge in [-0.25, -0.2) is 9.18 Å². The molecule has 12 heteroatoms. The Morgan fingerprint density at radius 1 is 1.11 bits per heavy atom. The second-order valence-electron chi connectivity index (χ2n) is 9.36. The molecule has 1 fully saturated rings. The molecule has 3 heterocycles. The van der Waals surface area contributed by atoms with E-state index in [-0.39, 0.29) is 23.2 Å². The Morgan fingerprint density at radius 3 is 2.26 bits per heavy atom. The number of hydrogen-bond donors (Lipinski definition) is 2. The summed E-state index contributed by atoms with van der Waals surface area (Å²) in [5.41, 5.74) is 1.36. The number of carboxylic acid groups (broad SMARTS) is 1. The van der Waals surface area contributed by atoms with Gasteiger partial charge >= 0.3 is 12.1 Å². The van der Waals surface area contributed by atoms with Gasteiger partial charge in [-0.1, -0.05) is 12.1 Å². The van der Waals surface area contributed by atoms with Crippen molar-refractivity contribution in [2.75, 3.05) is 13.1 Å². The van der Waals surface area contributed by atoms with Crippen LogP contribution in [0.2, 0.25) is 0 Å². The van der Waals surface area contributed by atoms with Gasteiger partial charge in [0.2, 0.25) is 5.82 Å². The minimum atomic E-state index is -5.08. The number of halogens is 4. The molecule has 4 rings (SSSR count). The van der Waals surface area contributed by atoms with E-state index in [1.165, 1.54) is 12.1 Å². The number of hydrogen-bond acceptors (Lipinski definition) is 5. The van der Waals surface area contributed by atoms with Crippen LogP contribution >= 0.6 is 0 Å². The number of aryl methyl sites for hydroxylation is 1. The summed E-state index contributed by atoms with van der Waals surface area (Å²) in [4.78, 5) is 23.8. The number of carbonyl (C=O) groups excluding carboxylic acids is 1. The Hall–Kier alpha value is -3.02. The third-order valence-electron chi connectivity index (χ3n) is 6.30. The van der Waals surface area contributed by atoms with Crippen LogP contribution in [-0.2, 0) is 24.3 Å². The van der Waals surface area contributed by atoms with E-state index in [9.17, 15) is 22.4 Å². The lowest BCUT2D eigenvalue weighted by Gasteiger charge is -2.44. The molecular weight excluding hydrogens is 470 g/mol. The Labute approximate surface area is 200 Å². The molecule has 0 unspecified atom stereocenters. The Morgan fingerprint density at radius 2 is 1.71 bits per heavy atom. The molecule has 0 radical (unpaired) electrons. The Bertz CT molecular complexity index is 1030. The van der Waals surface area contributed by atoms with Crippen molar-refractivity contribution in [3.05, 3.63) is 47.3 Å². The fourth-order valence-corrected chi connectivity index (χ4v) is 4.41. The molecule has 2 N–H and O–H groups in total. The molecule has 8 nitrogen and oxygen atoms in total. The van der Waals surface area contributed by atoms with Gasteiger partial charge in [0.05, 0.1) is 0 Å². The van der Waals surface area contributed by atoms with Gasteiger partial charge in [-0.15, -0.1) is 10.2 Å². The highest BCUT2D eigenvalue weighted by Gasteiger charge is 2.40. The highest BCUT2D eigenvalue weighted by atomic mass is 19.4. The van der Waals surface area contributed by atoms with Crippen LogP contribution in [0.1, 0.15) is 55.1 Å². The van der Waals surface area contributed by atoms with Gasteiger partial charge in [-0.2, -0.15) is 13.2 Å². The SMILES string of the molecule is CC(C)NC(=O)c1nnc2n1CC1(CC2)CCN(Cc2ccc(F)cc2)CC1.O=C(O)C(F)(F)F. The first-order valence-electron chi connectivity index (χ1n) is 11.4. The lowest BCUT2D eigenvalue weighted by atomic mass is 9.73. The number of nitrogens with one attached hydrogen (secondary N) is 1. The van der Waals surface area contributed by atoms with E-state index in [1.54, 1.807) is 0 Å². The highest BCUT2D eigenvalue weighted by molar-refractivity contribution is 5.90. The quantitative estimate of drug-likeness (QED) is 0.626. The number of likely N-dealkylation sites (tertiary alicyclic amines) is 1. The van der Waals surface area contributed by atoms with Crippen molar-refractivity contribution in [2.24, 2.45) is 5.41 Å². The van der Waals surface area contributed by atoms with Crippen LogP contribution in [-0.4, -0.2) is 62.0 Å². The molecule has 1 amide bonds. The summed E-state index contributed by atoms with van der Waals surface area (Å²) in [6, 6.07) is 6.86. The third-order valence-corrected chi connectivity index (χ3v) is 6.30. The average Bonchev–Trinajstić information content (AvgIpc) is 3.19. The van der Waals surface area contributed by atoms with E-state index in [0.717, 1.165) is 63.3 Å². The van der Waals surface area contributed by atoms with Crippen LogP contribution in [0.5, 0.6) is 0 Å². The zero-order chi connectivity index (χ0) is 25.8. The molecule has 192 valence electrons. The first-order valence-corrected chi connectivity index (χ1v) is 11.4. The van der Waals surface area contributed by atoms with Gasteiger partial charge in [0, 0.05) is 25.6 Å². The molecule has 2 aliphatic rings. The Kier molecular flexibility index (Phi) is 8.14. The van der Waals surface area contributed by atoms with Crippen LogP contribution in [0, 0.1) is 11.2 Å². The van der Waals surface area contributed by atoms with Crippen LogP contribution in [0.3, 0.4) is 0 Å². The second-order valence-corrected chi connectivity index (χ2v) is 9.36. The summed E-state index contributed by atoms with van der Waals surface area (Å²) in [5.74, 6) is -1.72. The summed E-state index contributed by atoms with van der Waals surface area (Å²) in [6.07, 6.45) is -0.921. The number of alkyl halides is 3. The van der Waals surface area contributed by atoms with E-state index >= 15 is 0 Å². The maximum Gasteiger partial charge on any atom is 0.490 e. The Balaban J connectivity index is 0.000000429. The molecule has 2 aliphatic heterocycles. The average molecular weight is 500 g/mol. The fraction of sp³-hybridized carbons (Fsp3) is 0.565. The van der Waals surface area contributed by atoms with Crippen molar-refractivity contribution >= 4 is 11.9 Å². The molecule has 1 spiro atoms. The smallest absolute Gasteiger partial charge is 0.475 e. The monoisotopic (exact) mass is 499 g/mol. The predicted molar refractivity (Wildman–Crippen MR) is 118 cm³/mol. The molecule has 2 aromatic rings. The molecule has 1 aromatic carbocycles. The number of benzene rings is 1. The minimum Gasteiger partial charge on any atom is -0.475 e. The number of piperidine rings is 1. The van der Waals surface area contributed by atoms with E-state index in [2.05, 4.69) is 20.4 Å². The van der Waals surface area contributed by atoms with Crippen molar-refractivity contribution < 1.29 is 32.3 Å². The van der Waals surface area contributed by atoms with Crippen LogP contribution in [0.4, 0.5) is 17.6 Å². The molecule has 0 aliphatic carbocycles. The number of fused-ring (bicyclic) bond motifs is 1. The normalized spacial score (nSPS) is 17.5. The molecule has 0 saturated carbocycles. The third kappa shape index (κ3) is 7.00. The minimum absolute atomic E-state index is 0.0766. The lowest BCUT2D eigenvalue weighted by molar-refractivity contribution is -0.192. The van der Waals surface area contributed by atoms with Gasteiger partial charge in [0.25, 0.3) is 5.91 Å². The molecule has 35 heavy (non-hydrogen) atoms. The van der Waals surface area contributed by atoms with E-state index < -0.39 is 12.1 Å². The summed E-state index contributed by atoms with van der Waals surface area (Å²) in [7, 11) is 0. The zero-order valence-electron chi connectivity index (χ0n) is 19.6. The van der Waals surface area contributed by atoms with Crippen molar-refractivity contribution in [2.45, 2.75) is 64.8 Å². The first-order chi connectivity index (χ1) is 16.4. The van der Waals surface area contributed by atoms with E-state index in [1.807, 2.05) is 30.5 Å². The summed E-state index contributed by atoms with van der Waals surface area (Å²) in [6.45, 7) is 7.61. The number of carbonyl (C=O) groups is 2. The maximum absolute atomic E-state index is 13.1. The van der Waals surface area contributed by atoms with Crippen molar-refractivity contribution in [1.82, 2.24) is 25.0 Å².